The van der Waals surface area contributed by atoms with Gasteiger partial charge in [0.05, 0.1) is 17.1 Å². The second-order valence-electron chi connectivity index (χ2n) is 3.90. The van der Waals surface area contributed by atoms with Gasteiger partial charge in [-0.3, -0.25) is 4.79 Å². The van der Waals surface area contributed by atoms with Gasteiger partial charge in [0.15, 0.2) is 0 Å². The number of hydrogen-bond acceptors (Lipinski definition) is 5. The summed E-state index contributed by atoms with van der Waals surface area (Å²) in [6.07, 6.45) is 0. The predicted molar refractivity (Wildman–Crippen MR) is 74.8 cm³/mol. The van der Waals surface area contributed by atoms with Crippen molar-refractivity contribution >= 4 is 34.7 Å². The fraction of sp³-hybridized carbons (Fsp3) is 0.167. The molecule has 0 aliphatic carbocycles. The lowest BCUT2D eigenvalue weighted by molar-refractivity contribution is -0.113. The summed E-state index contributed by atoms with van der Waals surface area (Å²) in [6, 6.07) is 6.03. The van der Waals surface area contributed by atoms with E-state index in [9.17, 15) is 4.79 Å². The van der Waals surface area contributed by atoms with Crippen molar-refractivity contribution in [1.29, 1.82) is 0 Å². The van der Waals surface area contributed by atoms with Crippen LogP contribution < -0.4 is 11.1 Å². The third kappa shape index (κ3) is 2.14. The van der Waals surface area contributed by atoms with Crippen LogP contribution in [0.15, 0.2) is 28.5 Å². The van der Waals surface area contributed by atoms with Gasteiger partial charge in [0.1, 0.15) is 5.01 Å². The van der Waals surface area contributed by atoms with Crippen LogP contribution in [0, 0.1) is 0 Å². The predicted octanol–water partition coefficient (Wildman–Crippen LogP) is 2.31. The molecule has 4 nitrogen and oxygen atoms in total. The lowest BCUT2D eigenvalue weighted by Crippen LogP contribution is -2.18. The van der Waals surface area contributed by atoms with Crippen LogP contribution in [0.5, 0.6) is 0 Å². The third-order valence-corrected chi connectivity index (χ3v) is 4.63. The zero-order chi connectivity index (χ0) is 12.5. The zero-order valence-electron chi connectivity index (χ0n) is 9.47. The van der Waals surface area contributed by atoms with Crippen molar-refractivity contribution in [3.63, 3.8) is 0 Å². The number of nitrogens with zero attached hydrogens (tertiary/aromatic N) is 1. The van der Waals surface area contributed by atoms with Crippen molar-refractivity contribution in [2.24, 2.45) is 5.73 Å². The molecule has 0 radical (unpaired) electrons. The maximum Gasteiger partial charge on any atom is 0.234 e. The Kier molecular flexibility index (Phi) is 3.07. The van der Waals surface area contributed by atoms with Crippen LogP contribution in [0.4, 0.5) is 5.69 Å². The van der Waals surface area contributed by atoms with E-state index in [2.05, 4.69) is 10.3 Å². The Morgan fingerprint density at radius 2 is 2.33 bits per heavy atom. The molecule has 3 rings (SSSR count). The largest absolute Gasteiger partial charge is 0.325 e. The third-order valence-electron chi connectivity index (χ3n) is 2.62. The molecule has 1 aliphatic rings. The molecule has 0 spiro atoms. The highest BCUT2D eigenvalue weighted by Gasteiger charge is 2.16. The summed E-state index contributed by atoms with van der Waals surface area (Å²) in [5, 5.41) is 5.78. The minimum atomic E-state index is 0.0476. The summed E-state index contributed by atoms with van der Waals surface area (Å²) in [4.78, 5) is 16.9. The second-order valence-corrected chi connectivity index (χ2v) is 5.77. The van der Waals surface area contributed by atoms with Crippen molar-refractivity contribution in [1.82, 2.24) is 4.98 Å². The molecule has 2 aromatic rings. The molecule has 0 saturated carbocycles. The van der Waals surface area contributed by atoms with Crippen molar-refractivity contribution < 1.29 is 4.79 Å². The first-order valence-electron chi connectivity index (χ1n) is 5.48. The maximum atomic E-state index is 11.4. The normalized spacial score (nSPS) is 14.2. The maximum absolute atomic E-state index is 11.4. The highest BCUT2D eigenvalue weighted by Crippen LogP contribution is 2.35. The fourth-order valence-corrected chi connectivity index (χ4v) is 3.37. The summed E-state index contributed by atoms with van der Waals surface area (Å²) < 4.78 is 0. The minimum absolute atomic E-state index is 0.0476. The van der Waals surface area contributed by atoms with Crippen LogP contribution in [-0.2, 0) is 11.3 Å². The number of fused-ring (bicyclic) bond motifs is 1. The molecule has 1 aromatic carbocycles. The Morgan fingerprint density at radius 3 is 3.11 bits per heavy atom. The number of benzene rings is 1. The second kappa shape index (κ2) is 4.72. The summed E-state index contributed by atoms with van der Waals surface area (Å²) in [6.45, 7) is 0.452. The van der Waals surface area contributed by atoms with Crippen LogP contribution in [-0.4, -0.2) is 16.6 Å². The molecule has 0 unspecified atom stereocenters. The Balaban J connectivity index is 1.98. The van der Waals surface area contributed by atoms with Gasteiger partial charge in [0.2, 0.25) is 5.91 Å². The Bertz CT molecular complexity index is 609. The number of anilines is 1. The Morgan fingerprint density at radius 1 is 1.44 bits per heavy atom. The molecule has 92 valence electrons. The molecule has 0 fully saturated rings. The Hall–Kier alpha value is -1.37. The van der Waals surface area contributed by atoms with E-state index >= 15 is 0 Å². The van der Waals surface area contributed by atoms with Crippen molar-refractivity contribution in [3.05, 3.63) is 29.3 Å². The number of hydrogen-bond donors (Lipinski definition) is 2. The smallest absolute Gasteiger partial charge is 0.234 e. The molecular weight excluding hydrogens is 266 g/mol. The number of thiazole rings is 1. The number of nitrogens with one attached hydrogen (secondary N) is 1. The first kappa shape index (κ1) is 11.7. The first-order valence-corrected chi connectivity index (χ1v) is 7.34. The van der Waals surface area contributed by atoms with Crippen LogP contribution in [0.3, 0.4) is 0 Å². The summed E-state index contributed by atoms with van der Waals surface area (Å²) in [5.74, 6) is 0.535. The number of thioether (sulfide) groups is 1. The van der Waals surface area contributed by atoms with Crippen molar-refractivity contribution in [3.8, 4) is 10.6 Å². The minimum Gasteiger partial charge on any atom is -0.325 e. The quantitative estimate of drug-likeness (QED) is 0.884. The molecule has 0 atom stereocenters. The highest BCUT2D eigenvalue weighted by atomic mass is 32.2. The van der Waals surface area contributed by atoms with Gasteiger partial charge in [-0.2, -0.15) is 0 Å². The molecule has 18 heavy (non-hydrogen) atoms. The lowest BCUT2D eigenvalue weighted by atomic mass is 10.2. The summed E-state index contributed by atoms with van der Waals surface area (Å²) >= 11 is 3.13. The Labute approximate surface area is 113 Å². The van der Waals surface area contributed by atoms with Gasteiger partial charge < -0.3 is 11.1 Å². The SMILES string of the molecule is NCc1csc(-c2ccc3c(c2)NC(=O)CS3)n1. The van der Waals surface area contributed by atoms with Gasteiger partial charge >= 0.3 is 0 Å². The molecule has 1 aliphatic heterocycles. The molecule has 3 N–H and O–H groups in total. The molecule has 1 aromatic heterocycles. The van der Waals surface area contributed by atoms with Gasteiger partial charge in [-0.15, -0.1) is 23.1 Å². The number of carbonyl (C=O) groups is 1. The molecule has 0 saturated heterocycles. The standard InChI is InChI=1S/C12H11N3OS2/c13-4-8-5-18-12(14-8)7-1-2-10-9(3-7)15-11(16)6-17-10/h1-3,5H,4,6,13H2,(H,15,16). The van der Waals surface area contributed by atoms with E-state index in [0.29, 0.717) is 12.3 Å². The first-order chi connectivity index (χ1) is 8.76. The molecule has 1 amide bonds. The molecule has 2 heterocycles. The number of aromatic nitrogens is 1. The van der Waals surface area contributed by atoms with E-state index in [1.165, 1.54) is 0 Å². The van der Waals surface area contributed by atoms with Gasteiger partial charge in [-0.05, 0) is 12.1 Å². The van der Waals surface area contributed by atoms with E-state index < -0.39 is 0 Å². The van der Waals surface area contributed by atoms with Crippen LogP contribution in [0.25, 0.3) is 10.6 Å². The van der Waals surface area contributed by atoms with Crippen LogP contribution in [0.1, 0.15) is 5.69 Å². The van der Waals surface area contributed by atoms with Gasteiger partial charge in [-0.25, -0.2) is 4.98 Å². The van der Waals surface area contributed by atoms with Gasteiger partial charge in [0, 0.05) is 22.4 Å². The molecule has 0 bridgehead atoms. The van der Waals surface area contributed by atoms with Gasteiger partial charge in [0.25, 0.3) is 0 Å². The summed E-state index contributed by atoms with van der Waals surface area (Å²) in [7, 11) is 0. The number of nitrogens with two attached hydrogens (primary N) is 1. The van der Waals surface area contributed by atoms with E-state index in [4.69, 9.17) is 5.73 Å². The monoisotopic (exact) mass is 277 g/mol. The number of rotatable bonds is 2. The average molecular weight is 277 g/mol. The van der Waals surface area contributed by atoms with Crippen LogP contribution >= 0.6 is 23.1 Å². The number of amides is 1. The van der Waals surface area contributed by atoms with E-state index in [1.807, 2.05) is 23.6 Å². The molecule has 6 heteroatoms. The lowest BCUT2D eigenvalue weighted by Gasteiger charge is -2.16. The van der Waals surface area contributed by atoms with Crippen LogP contribution in [0.2, 0.25) is 0 Å². The van der Waals surface area contributed by atoms with Crippen molar-refractivity contribution in [2.45, 2.75) is 11.4 Å². The zero-order valence-corrected chi connectivity index (χ0v) is 11.1. The number of carbonyl (C=O) groups excluding carboxylic acids is 1. The topological polar surface area (TPSA) is 68.0 Å². The average Bonchev–Trinajstić information content (AvgIpc) is 2.86. The fourth-order valence-electron chi connectivity index (χ4n) is 1.75. The van der Waals surface area contributed by atoms with Gasteiger partial charge in [-0.1, -0.05) is 6.07 Å². The van der Waals surface area contributed by atoms with Crippen molar-refractivity contribution in [2.75, 3.05) is 11.1 Å². The van der Waals surface area contributed by atoms with E-state index in [-0.39, 0.29) is 5.91 Å². The highest BCUT2D eigenvalue weighted by molar-refractivity contribution is 8.00. The van der Waals surface area contributed by atoms with E-state index in [0.717, 1.165) is 26.8 Å². The van der Waals surface area contributed by atoms with E-state index in [1.54, 1.807) is 23.1 Å². The molecular formula is C12H11N3OS2. The summed E-state index contributed by atoms with van der Waals surface area (Å²) in [5.41, 5.74) is 8.34.